The number of aromatic nitrogens is 1. The van der Waals surface area contributed by atoms with E-state index in [-0.39, 0.29) is 0 Å². The van der Waals surface area contributed by atoms with Crippen LogP contribution in [0.2, 0.25) is 0 Å². The first kappa shape index (κ1) is 14.0. The number of hydrogen-bond acceptors (Lipinski definition) is 3. The molecule has 1 aromatic carbocycles. The highest BCUT2D eigenvalue weighted by atomic mass is 36.0. The number of halogens is 2. The Labute approximate surface area is 109 Å². The molecule has 0 aliphatic heterocycles. The Morgan fingerprint density at radius 2 is 1.24 bits per heavy atom. The maximum atomic E-state index is 9.16. The average molecular weight is 290 g/mol. The molecular weight excluding hydrogens is 281 g/mol. The van der Waals surface area contributed by atoms with Crippen molar-refractivity contribution in [2.75, 3.05) is 0 Å². The van der Waals surface area contributed by atoms with E-state index >= 15 is 0 Å². The van der Waals surface area contributed by atoms with Gasteiger partial charge < -0.3 is 0 Å². The van der Waals surface area contributed by atoms with Crippen molar-refractivity contribution in [3.05, 3.63) is 54.9 Å². The molecule has 0 N–H and O–H groups in total. The first-order chi connectivity index (χ1) is 7.97. The van der Waals surface area contributed by atoms with Crippen molar-refractivity contribution in [2.24, 2.45) is 0 Å². The largest absolute Gasteiger partial charge is 0.317 e. The monoisotopic (exact) mass is 289 g/mol. The third kappa shape index (κ3) is 6.94. The lowest BCUT2D eigenvalue weighted by molar-refractivity contribution is 0.621. The maximum Gasteiger partial charge on any atom is 0.317 e. The zero-order valence-electron chi connectivity index (χ0n) is 8.62. The minimum absolute atomic E-state index is 1.21. The predicted octanol–water partition coefficient (Wildman–Crippen LogP) is 3.46. The van der Waals surface area contributed by atoms with Crippen LogP contribution in [0.1, 0.15) is 0 Å². The van der Waals surface area contributed by atoms with Crippen LogP contribution in [-0.2, 0) is 8.26 Å². The van der Waals surface area contributed by atoms with Crippen LogP contribution in [-0.4, -0.2) is 13.4 Å². The average Bonchev–Trinajstić information content (AvgIpc) is 2.29. The minimum atomic E-state index is -3.72. The molecule has 0 atom stereocenters. The zero-order valence-corrected chi connectivity index (χ0v) is 11.0. The van der Waals surface area contributed by atoms with E-state index in [1.165, 1.54) is 11.1 Å². The van der Waals surface area contributed by atoms with Crippen molar-refractivity contribution >= 4 is 29.6 Å². The molecule has 0 aliphatic carbocycles. The Morgan fingerprint density at radius 3 is 1.71 bits per heavy atom. The van der Waals surface area contributed by atoms with Crippen molar-refractivity contribution in [3.8, 4) is 11.1 Å². The van der Waals surface area contributed by atoms with Crippen LogP contribution in [0.5, 0.6) is 0 Å². The van der Waals surface area contributed by atoms with Crippen molar-refractivity contribution in [1.29, 1.82) is 0 Å². The molecular formula is C11H9Cl2NO2S. The molecule has 2 rings (SSSR count). The van der Waals surface area contributed by atoms with Crippen LogP contribution >= 0.6 is 21.4 Å². The van der Waals surface area contributed by atoms with Crippen LogP contribution < -0.4 is 0 Å². The Morgan fingerprint density at radius 1 is 0.824 bits per heavy atom. The molecule has 0 radical (unpaired) electrons. The van der Waals surface area contributed by atoms with Gasteiger partial charge in [0.2, 0.25) is 0 Å². The van der Waals surface area contributed by atoms with E-state index in [2.05, 4.69) is 38.5 Å². The molecule has 17 heavy (non-hydrogen) atoms. The van der Waals surface area contributed by atoms with E-state index in [1.807, 2.05) is 42.7 Å². The summed E-state index contributed by atoms with van der Waals surface area (Å²) >= 11 is 0. The van der Waals surface area contributed by atoms with Gasteiger partial charge in [0, 0.05) is 33.8 Å². The molecule has 1 heterocycles. The second kappa shape index (κ2) is 6.59. The summed E-state index contributed by atoms with van der Waals surface area (Å²) in [6.45, 7) is 0. The Balaban J connectivity index is 0.000000249. The standard InChI is InChI=1S/C11H9N.Cl2O2S/c1-2-4-10(5-3-1)11-6-8-12-9-7-11;1-5(2,3)4/h1-9H;. The summed E-state index contributed by atoms with van der Waals surface area (Å²) in [7, 11) is 4.81. The highest BCUT2D eigenvalue weighted by Crippen LogP contribution is 2.16. The number of nitrogens with zero attached hydrogens (tertiary/aromatic N) is 1. The summed E-state index contributed by atoms with van der Waals surface area (Å²) in [5, 5.41) is 0. The third-order valence-electron chi connectivity index (χ3n) is 1.79. The minimum Gasteiger partial charge on any atom is -0.265 e. The van der Waals surface area contributed by atoms with Gasteiger partial charge in [-0.25, -0.2) is 0 Å². The van der Waals surface area contributed by atoms with Crippen LogP contribution in [0.25, 0.3) is 11.1 Å². The molecule has 0 aliphatic rings. The number of pyridine rings is 1. The molecule has 1 aromatic heterocycles. The smallest absolute Gasteiger partial charge is 0.265 e. The van der Waals surface area contributed by atoms with E-state index in [0.29, 0.717) is 0 Å². The van der Waals surface area contributed by atoms with Gasteiger partial charge in [0.05, 0.1) is 0 Å². The molecule has 0 fully saturated rings. The van der Waals surface area contributed by atoms with E-state index in [9.17, 15) is 0 Å². The third-order valence-corrected chi connectivity index (χ3v) is 1.79. The van der Waals surface area contributed by atoms with E-state index < -0.39 is 8.26 Å². The summed E-state index contributed by atoms with van der Waals surface area (Å²) in [5.41, 5.74) is 2.45. The lowest BCUT2D eigenvalue weighted by atomic mass is 10.1. The number of benzene rings is 1. The predicted molar refractivity (Wildman–Crippen MR) is 70.3 cm³/mol. The molecule has 0 bridgehead atoms. The van der Waals surface area contributed by atoms with Gasteiger partial charge in [0.15, 0.2) is 0 Å². The van der Waals surface area contributed by atoms with Gasteiger partial charge in [-0.2, -0.15) is 8.42 Å². The molecule has 0 saturated heterocycles. The Kier molecular flexibility index (Phi) is 5.41. The van der Waals surface area contributed by atoms with Gasteiger partial charge >= 0.3 is 8.26 Å². The highest BCUT2D eigenvalue weighted by molar-refractivity contribution is 8.31. The topological polar surface area (TPSA) is 47.0 Å². The molecule has 0 saturated carbocycles. The van der Waals surface area contributed by atoms with Crippen LogP contribution in [0.3, 0.4) is 0 Å². The highest BCUT2D eigenvalue weighted by Gasteiger charge is 1.92. The quantitative estimate of drug-likeness (QED) is 0.756. The molecule has 6 heteroatoms. The van der Waals surface area contributed by atoms with E-state index in [4.69, 9.17) is 8.42 Å². The zero-order chi connectivity index (χ0) is 12.7. The summed E-state index contributed by atoms with van der Waals surface area (Å²) in [5.74, 6) is 0. The number of rotatable bonds is 1. The molecule has 2 aromatic rings. The number of hydrogen-bond donors (Lipinski definition) is 0. The molecule has 0 amide bonds. The van der Waals surface area contributed by atoms with Crippen LogP contribution in [0.4, 0.5) is 0 Å². The Bertz CT molecular complexity index is 499. The molecule has 3 nitrogen and oxygen atoms in total. The molecule has 90 valence electrons. The molecule has 0 unspecified atom stereocenters. The normalized spacial score (nSPS) is 10.2. The summed E-state index contributed by atoms with van der Waals surface area (Å²) in [6, 6.07) is 14.3. The first-order valence-electron chi connectivity index (χ1n) is 4.56. The maximum absolute atomic E-state index is 9.16. The van der Waals surface area contributed by atoms with Gasteiger partial charge in [-0.15, -0.1) is 0 Å². The van der Waals surface area contributed by atoms with Gasteiger partial charge in [-0.05, 0) is 23.3 Å². The SMILES string of the molecule is O=S(=O)(Cl)Cl.c1ccc(-c2ccncc2)cc1. The van der Waals surface area contributed by atoms with Crippen molar-refractivity contribution in [3.63, 3.8) is 0 Å². The van der Waals surface area contributed by atoms with Gasteiger partial charge in [0.25, 0.3) is 0 Å². The summed E-state index contributed by atoms with van der Waals surface area (Å²) < 4.78 is 18.3. The van der Waals surface area contributed by atoms with Crippen LogP contribution in [0.15, 0.2) is 54.9 Å². The lowest BCUT2D eigenvalue weighted by Crippen LogP contribution is -1.76. The Hall–Kier alpha value is -1.10. The van der Waals surface area contributed by atoms with Crippen molar-refractivity contribution in [2.45, 2.75) is 0 Å². The first-order valence-corrected chi connectivity index (χ1v) is 7.70. The van der Waals surface area contributed by atoms with E-state index in [1.54, 1.807) is 0 Å². The van der Waals surface area contributed by atoms with Crippen LogP contribution in [0, 0.1) is 0 Å². The second-order valence-electron chi connectivity index (χ2n) is 2.98. The summed E-state index contributed by atoms with van der Waals surface area (Å²) in [6.07, 6.45) is 3.62. The van der Waals surface area contributed by atoms with Gasteiger partial charge in [-0.3, -0.25) is 4.98 Å². The molecule has 0 spiro atoms. The van der Waals surface area contributed by atoms with E-state index in [0.717, 1.165) is 0 Å². The fourth-order valence-electron chi connectivity index (χ4n) is 1.17. The second-order valence-corrected chi connectivity index (χ2v) is 6.65. The fraction of sp³-hybridized carbons (Fsp3) is 0. The fourth-order valence-corrected chi connectivity index (χ4v) is 1.17. The van der Waals surface area contributed by atoms with Gasteiger partial charge in [-0.1, -0.05) is 30.3 Å². The summed E-state index contributed by atoms with van der Waals surface area (Å²) in [4.78, 5) is 3.97. The van der Waals surface area contributed by atoms with Gasteiger partial charge in [0.1, 0.15) is 0 Å². The van der Waals surface area contributed by atoms with Crippen molar-refractivity contribution < 1.29 is 8.42 Å². The van der Waals surface area contributed by atoms with Crippen molar-refractivity contribution in [1.82, 2.24) is 4.98 Å². The lowest BCUT2D eigenvalue weighted by Gasteiger charge is -1.98.